The summed E-state index contributed by atoms with van der Waals surface area (Å²) < 4.78 is 14.1. The normalized spacial score (nSPS) is 23.9. The Kier molecular flexibility index (Phi) is 7.06. The van der Waals surface area contributed by atoms with Gasteiger partial charge in [0, 0.05) is 43.4 Å². The van der Waals surface area contributed by atoms with E-state index in [0.29, 0.717) is 47.9 Å². The van der Waals surface area contributed by atoms with Gasteiger partial charge in [-0.1, -0.05) is 23.7 Å². The standard InChI is InChI=1S/C30H31ClN6O4/c31-21-3-1-18(2-4-21)11-26-32-9-7-28(35-26)41-23-12-19-14-36(15-20(19)13-23)17-27-33-24-5-6-25(30(38)39)34-29(24)37(27)16-22-8-10-40-22/h1-7,9,19-20,22-23H,8,10-17H2,(H,38,39). The number of nitrogens with zero attached hydrogens (tertiary/aromatic N) is 6. The molecule has 1 aromatic carbocycles. The van der Waals surface area contributed by atoms with E-state index in [1.165, 1.54) is 6.07 Å². The van der Waals surface area contributed by atoms with Crippen molar-refractivity contribution in [3.63, 3.8) is 0 Å². The van der Waals surface area contributed by atoms with Crippen LogP contribution >= 0.6 is 11.6 Å². The lowest BCUT2D eigenvalue weighted by molar-refractivity contribution is -0.0592. The van der Waals surface area contributed by atoms with E-state index in [0.717, 1.165) is 61.7 Å². The highest BCUT2D eigenvalue weighted by Gasteiger charge is 2.42. The molecular formula is C30H31ClN6O4. The van der Waals surface area contributed by atoms with E-state index in [4.69, 9.17) is 26.1 Å². The van der Waals surface area contributed by atoms with Crippen LogP contribution in [0, 0.1) is 11.8 Å². The molecular weight excluding hydrogens is 544 g/mol. The quantitative estimate of drug-likeness (QED) is 0.313. The number of halogens is 1. The van der Waals surface area contributed by atoms with Gasteiger partial charge >= 0.3 is 5.97 Å². The number of benzene rings is 1. The van der Waals surface area contributed by atoms with Crippen molar-refractivity contribution in [2.75, 3.05) is 19.7 Å². The lowest BCUT2D eigenvalue weighted by Crippen LogP contribution is -2.33. The van der Waals surface area contributed by atoms with E-state index in [1.807, 2.05) is 30.3 Å². The van der Waals surface area contributed by atoms with E-state index in [2.05, 4.69) is 24.4 Å². The Hall–Kier alpha value is -3.60. The van der Waals surface area contributed by atoms with Gasteiger partial charge in [-0.3, -0.25) is 4.90 Å². The molecule has 1 aliphatic carbocycles. The van der Waals surface area contributed by atoms with E-state index in [-0.39, 0.29) is 17.9 Å². The molecule has 5 heterocycles. The molecule has 1 saturated carbocycles. The first kappa shape index (κ1) is 26.3. The van der Waals surface area contributed by atoms with Crippen LogP contribution in [-0.2, 0) is 24.2 Å². The van der Waals surface area contributed by atoms with Crippen molar-refractivity contribution >= 4 is 28.7 Å². The monoisotopic (exact) mass is 574 g/mol. The zero-order valence-electron chi connectivity index (χ0n) is 22.5. The zero-order chi connectivity index (χ0) is 27.9. The molecule has 0 bridgehead atoms. The van der Waals surface area contributed by atoms with E-state index < -0.39 is 5.97 Å². The molecule has 11 heteroatoms. The van der Waals surface area contributed by atoms with Crippen LogP contribution < -0.4 is 4.74 Å². The number of ether oxygens (including phenoxy) is 2. The average molecular weight is 575 g/mol. The Balaban J connectivity index is 0.990. The van der Waals surface area contributed by atoms with Crippen LogP contribution in [-0.4, -0.2) is 72.4 Å². The second kappa shape index (κ2) is 11.0. The van der Waals surface area contributed by atoms with E-state index in [9.17, 15) is 9.90 Å². The fourth-order valence-electron chi connectivity index (χ4n) is 6.37. The molecule has 3 aliphatic rings. The van der Waals surface area contributed by atoms with Gasteiger partial charge in [-0.25, -0.2) is 19.7 Å². The summed E-state index contributed by atoms with van der Waals surface area (Å²) in [5, 5.41) is 10.2. The highest BCUT2D eigenvalue weighted by molar-refractivity contribution is 6.30. The zero-order valence-corrected chi connectivity index (χ0v) is 23.3. The van der Waals surface area contributed by atoms with Crippen molar-refractivity contribution < 1.29 is 19.4 Å². The number of hydrogen-bond donors (Lipinski definition) is 1. The molecule has 0 amide bonds. The number of imidazole rings is 1. The molecule has 0 spiro atoms. The summed E-state index contributed by atoms with van der Waals surface area (Å²) in [5.41, 5.74) is 2.47. The molecule has 3 unspecified atom stereocenters. The maximum absolute atomic E-state index is 11.5. The second-order valence-electron chi connectivity index (χ2n) is 11.3. The smallest absolute Gasteiger partial charge is 0.354 e. The summed E-state index contributed by atoms with van der Waals surface area (Å²) in [5.74, 6) is 2.35. The van der Waals surface area contributed by atoms with Crippen LogP contribution in [0.3, 0.4) is 0 Å². The van der Waals surface area contributed by atoms with Crippen molar-refractivity contribution in [1.29, 1.82) is 0 Å². The molecule has 1 N–H and O–H groups in total. The first-order valence-electron chi connectivity index (χ1n) is 14.1. The fourth-order valence-corrected chi connectivity index (χ4v) is 6.49. The van der Waals surface area contributed by atoms with Gasteiger partial charge in [0.05, 0.1) is 19.2 Å². The van der Waals surface area contributed by atoms with E-state index >= 15 is 0 Å². The number of aromatic carboxylic acids is 1. The Labute approximate surface area is 242 Å². The number of pyridine rings is 1. The van der Waals surface area contributed by atoms with Gasteiger partial charge in [0.2, 0.25) is 5.88 Å². The van der Waals surface area contributed by atoms with Crippen molar-refractivity contribution in [2.24, 2.45) is 11.8 Å². The predicted molar refractivity (Wildman–Crippen MR) is 151 cm³/mol. The highest BCUT2D eigenvalue weighted by atomic mass is 35.5. The number of aromatic nitrogens is 5. The topological polar surface area (TPSA) is 115 Å². The largest absolute Gasteiger partial charge is 0.477 e. The highest BCUT2D eigenvalue weighted by Crippen LogP contribution is 2.40. The molecule has 41 heavy (non-hydrogen) atoms. The number of carboxylic acids is 1. The van der Waals surface area contributed by atoms with Gasteiger partial charge in [-0.05, 0) is 60.9 Å². The van der Waals surface area contributed by atoms with Crippen LogP contribution in [0.2, 0.25) is 5.02 Å². The summed E-state index contributed by atoms with van der Waals surface area (Å²) >= 11 is 6.01. The van der Waals surface area contributed by atoms with Crippen molar-refractivity contribution in [2.45, 2.75) is 51.0 Å². The minimum atomic E-state index is -1.04. The first-order chi connectivity index (χ1) is 20.0. The predicted octanol–water partition coefficient (Wildman–Crippen LogP) is 4.24. The molecule has 7 rings (SSSR count). The molecule has 3 aromatic heterocycles. The first-order valence-corrected chi connectivity index (χ1v) is 14.5. The number of likely N-dealkylation sites (tertiary alicyclic amines) is 1. The number of carboxylic acid groups (broad SMARTS) is 1. The van der Waals surface area contributed by atoms with Crippen LogP contribution in [0.5, 0.6) is 5.88 Å². The summed E-state index contributed by atoms with van der Waals surface area (Å²) in [6.07, 6.45) is 5.63. The average Bonchev–Trinajstić information content (AvgIpc) is 3.58. The van der Waals surface area contributed by atoms with Crippen molar-refractivity contribution in [3.05, 3.63) is 76.6 Å². The second-order valence-corrected chi connectivity index (χ2v) is 11.7. The lowest BCUT2D eigenvalue weighted by atomic mass is 10.0. The molecule has 10 nitrogen and oxygen atoms in total. The minimum Gasteiger partial charge on any atom is -0.477 e. The van der Waals surface area contributed by atoms with Crippen LogP contribution in [0.25, 0.3) is 11.2 Å². The lowest BCUT2D eigenvalue weighted by Gasteiger charge is -2.28. The van der Waals surface area contributed by atoms with Gasteiger partial charge in [-0.15, -0.1) is 0 Å². The Morgan fingerprint density at radius 1 is 1.05 bits per heavy atom. The summed E-state index contributed by atoms with van der Waals surface area (Å²) in [4.78, 5) is 32.4. The van der Waals surface area contributed by atoms with Crippen LogP contribution in [0.4, 0.5) is 0 Å². The number of rotatable bonds is 9. The van der Waals surface area contributed by atoms with Crippen molar-refractivity contribution in [3.8, 4) is 5.88 Å². The Morgan fingerprint density at radius 3 is 2.54 bits per heavy atom. The number of carbonyl (C=O) groups is 1. The van der Waals surface area contributed by atoms with Gasteiger partial charge in [0.1, 0.15) is 23.3 Å². The maximum Gasteiger partial charge on any atom is 0.354 e. The molecule has 2 aliphatic heterocycles. The minimum absolute atomic E-state index is 0.0299. The maximum atomic E-state index is 11.5. The Morgan fingerprint density at radius 2 is 1.83 bits per heavy atom. The van der Waals surface area contributed by atoms with Gasteiger partial charge < -0.3 is 19.1 Å². The molecule has 4 aromatic rings. The summed E-state index contributed by atoms with van der Waals surface area (Å²) in [6.45, 7) is 4.05. The molecule has 3 atom stereocenters. The fraction of sp³-hybridized carbons (Fsp3) is 0.433. The molecule has 3 fully saturated rings. The van der Waals surface area contributed by atoms with Gasteiger partial charge in [-0.2, -0.15) is 4.98 Å². The molecule has 212 valence electrons. The summed E-state index contributed by atoms with van der Waals surface area (Å²) in [7, 11) is 0. The molecule has 0 radical (unpaired) electrons. The van der Waals surface area contributed by atoms with E-state index in [1.54, 1.807) is 12.3 Å². The molecule has 2 saturated heterocycles. The SMILES string of the molecule is O=C(O)c1ccc2nc(CN3CC4CC(Oc5ccnc(Cc6ccc(Cl)cc6)n5)CC4C3)n(CC3CCO3)c2n1. The Bertz CT molecular complexity index is 1560. The third-order valence-corrected chi connectivity index (χ3v) is 8.71. The number of fused-ring (bicyclic) bond motifs is 2. The van der Waals surface area contributed by atoms with Crippen LogP contribution in [0.15, 0.2) is 48.7 Å². The summed E-state index contributed by atoms with van der Waals surface area (Å²) in [6, 6.07) is 12.8. The third kappa shape index (κ3) is 5.64. The number of hydrogen-bond acceptors (Lipinski definition) is 8. The third-order valence-electron chi connectivity index (χ3n) is 8.46. The van der Waals surface area contributed by atoms with Crippen molar-refractivity contribution in [1.82, 2.24) is 29.4 Å². The van der Waals surface area contributed by atoms with Gasteiger partial charge in [0.15, 0.2) is 11.3 Å². The van der Waals surface area contributed by atoms with Gasteiger partial charge in [0.25, 0.3) is 0 Å². The van der Waals surface area contributed by atoms with Crippen LogP contribution in [0.1, 0.15) is 47.0 Å².